The molecule has 1 unspecified atom stereocenters. The number of anilines is 1. The first kappa shape index (κ1) is 22.6. The van der Waals surface area contributed by atoms with Crippen LogP contribution in [0.1, 0.15) is 13.3 Å². The molecule has 2 rings (SSSR count). The Balaban J connectivity index is 1.90. The van der Waals surface area contributed by atoms with E-state index in [-0.39, 0.29) is 0 Å². The van der Waals surface area contributed by atoms with E-state index in [9.17, 15) is 0 Å². The summed E-state index contributed by atoms with van der Waals surface area (Å²) in [5, 5.41) is 7.63. The number of benzene rings is 1. The van der Waals surface area contributed by atoms with Crippen molar-refractivity contribution in [3.8, 4) is 5.75 Å². The second-order valence-corrected chi connectivity index (χ2v) is 7.39. The number of nitrogens with zero attached hydrogens (tertiary/aromatic N) is 3. The van der Waals surface area contributed by atoms with Crippen molar-refractivity contribution in [3.63, 3.8) is 0 Å². The van der Waals surface area contributed by atoms with Gasteiger partial charge in [0.1, 0.15) is 5.75 Å². The van der Waals surface area contributed by atoms with Gasteiger partial charge in [-0.2, -0.15) is 0 Å². The highest BCUT2D eigenvalue weighted by molar-refractivity contribution is 6.30. The van der Waals surface area contributed by atoms with Crippen molar-refractivity contribution in [3.05, 3.63) is 23.2 Å². The van der Waals surface area contributed by atoms with Crippen LogP contribution in [0.4, 0.5) is 5.69 Å². The largest absolute Gasteiger partial charge is 0.495 e. The smallest absolute Gasteiger partial charge is 0.191 e. The molecule has 0 spiro atoms. The molecular formula is C20H34ClN5O2. The molecule has 0 aromatic heterocycles. The molecule has 1 aromatic carbocycles. The average molecular weight is 412 g/mol. The van der Waals surface area contributed by atoms with Gasteiger partial charge >= 0.3 is 0 Å². The lowest BCUT2D eigenvalue weighted by atomic mass is 10.2. The monoisotopic (exact) mass is 411 g/mol. The second-order valence-electron chi connectivity index (χ2n) is 6.95. The van der Waals surface area contributed by atoms with Crippen LogP contribution < -0.4 is 20.3 Å². The molecule has 0 radical (unpaired) electrons. The van der Waals surface area contributed by atoms with Crippen molar-refractivity contribution >= 4 is 23.2 Å². The van der Waals surface area contributed by atoms with E-state index in [1.54, 1.807) is 14.2 Å². The average Bonchev–Trinajstić information content (AvgIpc) is 3.14. The van der Waals surface area contributed by atoms with Crippen LogP contribution in [0.15, 0.2) is 23.2 Å². The van der Waals surface area contributed by atoms with Crippen LogP contribution in [-0.2, 0) is 4.74 Å². The van der Waals surface area contributed by atoms with E-state index in [2.05, 4.69) is 34.4 Å². The third-order valence-electron chi connectivity index (χ3n) is 4.78. The van der Waals surface area contributed by atoms with Crippen molar-refractivity contribution < 1.29 is 9.47 Å². The minimum Gasteiger partial charge on any atom is -0.495 e. The van der Waals surface area contributed by atoms with Gasteiger partial charge in [0.25, 0.3) is 0 Å². The number of guanidine groups is 1. The van der Waals surface area contributed by atoms with Gasteiger partial charge < -0.3 is 29.9 Å². The summed E-state index contributed by atoms with van der Waals surface area (Å²) in [6.45, 7) is 8.05. The number of nitrogens with one attached hydrogen (secondary N) is 2. The van der Waals surface area contributed by atoms with Gasteiger partial charge in [-0.25, -0.2) is 0 Å². The van der Waals surface area contributed by atoms with Gasteiger partial charge in [0.15, 0.2) is 5.96 Å². The molecule has 1 aliphatic heterocycles. The van der Waals surface area contributed by atoms with Crippen LogP contribution in [0.5, 0.6) is 5.75 Å². The molecule has 2 N–H and O–H groups in total. The summed E-state index contributed by atoms with van der Waals surface area (Å²) >= 11 is 6.19. The molecule has 0 aliphatic carbocycles. The molecular weight excluding hydrogens is 378 g/mol. The van der Waals surface area contributed by atoms with Gasteiger partial charge in [-0.15, -0.1) is 0 Å². The second kappa shape index (κ2) is 12.0. The third kappa shape index (κ3) is 7.04. The highest BCUT2D eigenvalue weighted by Gasteiger charge is 2.25. The normalized spacial score (nSPS) is 17.3. The van der Waals surface area contributed by atoms with E-state index in [1.165, 1.54) is 0 Å². The lowest BCUT2D eigenvalue weighted by Gasteiger charge is -2.22. The molecule has 158 valence electrons. The molecule has 0 bridgehead atoms. The van der Waals surface area contributed by atoms with Crippen LogP contribution >= 0.6 is 11.6 Å². The van der Waals surface area contributed by atoms with Gasteiger partial charge in [0.05, 0.1) is 25.9 Å². The van der Waals surface area contributed by atoms with E-state index in [1.807, 2.05) is 18.2 Å². The van der Waals surface area contributed by atoms with E-state index in [4.69, 9.17) is 26.1 Å². The van der Waals surface area contributed by atoms with Gasteiger partial charge in [0, 0.05) is 50.9 Å². The van der Waals surface area contributed by atoms with Gasteiger partial charge in [-0.1, -0.05) is 11.6 Å². The quantitative estimate of drug-likeness (QED) is 0.454. The lowest BCUT2D eigenvalue weighted by molar-refractivity contribution is 0.163. The van der Waals surface area contributed by atoms with Crippen LogP contribution in [0.3, 0.4) is 0 Å². The third-order valence-corrected chi connectivity index (χ3v) is 5.02. The van der Waals surface area contributed by atoms with E-state index < -0.39 is 0 Å². The fraction of sp³-hybridized carbons (Fsp3) is 0.650. The van der Waals surface area contributed by atoms with Crippen molar-refractivity contribution in [1.82, 2.24) is 15.5 Å². The SMILES string of the molecule is CCNC(=NCCN(C)CCOC)NC1CCN(c2cc(Cl)ccc2OC)C1. The zero-order valence-corrected chi connectivity index (χ0v) is 18.3. The van der Waals surface area contributed by atoms with Crippen molar-refractivity contribution in [2.75, 3.05) is 72.0 Å². The summed E-state index contributed by atoms with van der Waals surface area (Å²) in [6.07, 6.45) is 1.04. The molecule has 1 aromatic rings. The Kier molecular flexibility index (Phi) is 9.67. The van der Waals surface area contributed by atoms with Crippen LogP contribution in [-0.4, -0.2) is 84.0 Å². The predicted molar refractivity (Wildman–Crippen MR) is 117 cm³/mol. The molecule has 7 nitrogen and oxygen atoms in total. The zero-order valence-electron chi connectivity index (χ0n) is 17.5. The molecule has 0 amide bonds. The minimum absolute atomic E-state index is 0.327. The summed E-state index contributed by atoms with van der Waals surface area (Å²) in [6, 6.07) is 6.07. The first-order valence-corrected chi connectivity index (χ1v) is 10.3. The number of ether oxygens (including phenoxy) is 2. The number of rotatable bonds is 10. The minimum atomic E-state index is 0.327. The van der Waals surface area contributed by atoms with Crippen LogP contribution in [0.25, 0.3) is 0 Å². The molecule has 1 atom stereocenters. The van der Waals surface area contributed by atoms with Crippen LogP contribution in [0.2, 0.25) is 5.02 Å². The number of aliphatic imine (C=N–C) groups is 1. The molecule has 1 aliphatic rings. The number of methoxy groups -OCH3 is 2. The lowest BCUT2D eigenvalue weighted by Crippen LogP contribution is -2.45. The fourth-order valence-corrected chi connectivity index (χ4v) is 3.38. The van der Waals surface area contributed by atoms with E-state index in [0.717, 1.165) is 74.7 Å². The number of halogens is 1. The Hall–Kier alpha value is -1.70. The Labute approximate surface area is 174 Å². The molecule has 8 heteroatoms. The summed E-state index contributed by atoms with van der Waals surface area (Å²) in [7, 11) is 5.50. The molecule has 1 heterocycles. The maximum absolute atomic E-state index is 6.19. The maximum atomic E-state index is 6.19. The topological polar surface area (TPSA) is 61.4 Å². The maximum Gasteiger partial charge on any atom is 0.191 e. The zero-order chi connectivity index (χ0) is 20.4. The first-order chi connectivity index (χ1) is 13.6. The Morgan fingerprint density at radius 2 is 2.18 bits per heavy atom. The first-order valence-electron chi connectivity index (χ1n) is 9.88. The molecule has 1 fully saturated rings. The van der Waals surface area contributed by atoms with Gasteiger partial charge in [-0.3, -0.25) is 4.99 Å². The number of hydrogen-bond donors (Lipinski definition) is 2. The standard InChI is InChI=1S/C20H34ClN5O2/c1-5-22-20(23-9-11-25(2)12-13-27-3)24-17-8-10-26(15-17)18-14-16(21)6-7-19(18)28-4/h6-7,14,17H,5,8-13,15H2,1-4H3,(H2,22,23,24). The van der Waals surface area contributed by atoms with E-state index in [0.29, 0.717) is 6.04 Å². The summed E-state index contributed by atoms with van der Waals surface area (Å²) in [4.78, 5) is 9.25. The highest BCUT2D eigenvalue weighted by atomic mass is 35.5. The highest BCUT2D eigenvalue weighted by Crippen LogP contribution is 2.33. The number of likely N-dealkylation sites (N-methyl/N-ethyl adjacent to an activating group) is 1. The summed E-state index contributed by atoms with van der Waals surface area (Å²) < 4.78 is 10.6. The Morgan fingerprint density at radius 1 is 1.36 bits per heavy atom. The molecule has 28 heavy (non-hydrogen) atoms. The molecule has 1 saturated heterocycles. The fourth-order valence-electron chi connectivity index (χ4n) is 3.21. The Bertz CT molecular complexity index is 629. The van der Waals surface area contributed by atoms with Gasteiger partial charge in [0.2, 0.25) is 0 Å². The Morgan fingerprint density at radius 3 is 2.89 bits per heavy atom. The summed E-state index contributed by atoms with van der Waals surface area (Å²) in [5.74, 6) is 1.72. The van der Waals surface area contributed by atoms with Crippen molar-refractivity contribution in [1.29, 1.82) is 0 Å². The number of hydrogen-bond acceptors (Lipinski definition) is 5. The van der Waals surface area contributed by atoms with Gasteiger partial charge in [-0.05, 0) is 38.6 Å². The summed E-state index contributed by atoms with van der Waals surface area (Å²) in [5.41, 5.74) is 1.04. The van der Waals surface area contributed by atoms with Crippen LogP contribution in [0, 0.1) is 0 Å². The van der Waals surface area contributed by atoms with Crippen molar-refractivity contribution in [2.45, 2.75) is 19.4 Å². The van der Waals surface area contributed by atoms with E-state index >= 15 is 0 Å². The predicted octanol–water partition coefficient (Wildman–Crippen LogP) is 2.06. The molecule has 0 saturated carbocycles. The van der Waals surface area contributed by atoms with Crippen molar-refractivity contribution in [2.24, 2.45) is 4.99 Å².